The minimum atomic E-state index is -4.47. The molecule has 12 aromatic rings. The lowest BCUT2D eigenvalue weighted by Gasteiger charge is -2.24. The highest BCUT2D eigenvalue weighted by Crippen LogP contribution is 2.43. The minimum Gasteiger partial charge on any atom is -0.439 e. The van der Waals surface area contributed by atoms with Crippen LogP contribution >= 0.6 is 11.6 Å². The molecule has 5 atom stereocenters. The van der Waals surface area contributed by atoms with Gasteiger partial charge in [0.15, 0.2) is 0 Å². The van der Waals surface area contributed by atoms with Crippen LogP contribution in [-0.2, 0) is 43.3 Å². The van der Waals surface area contributed by atoms with Crippen molar-refractivity contribution in [2.24, 2.45) is 0 Å². The average molecular weight is 1810 g/mol. The topological polar surface area (TPSA) is 127 Å². The smallest absolute Gasteiger partial charge is 0.416 e. The van der Waals surface area contributed by atoms with Gasteiger partial charge in [-0.1, -0.05) is 301 Å². The second kappa shape index (κ2) is 41.2. The molecule has 12 aromatic carbocycles. The Labute approximate surface area is 780 Å². The van der Waals surface area contributed by atoms with Crippen molar-refractivity contribution in [1.29, 1.82) is 0 Å². The summed E-state index contributed by atoms with van der Waals surface area (Å²) in [6.07, 6.45) is -10.2. The van der Waals surface area contributed by atoms with Gasteiger partial charge in [-0.2, -0.15) is 26.3 Å². The van der Waals surface area contributed by atoms with Gasteiger partial charge in [-0.3, -0.25) is 4.90 Å². The first kappa shape index (κ1) is 97.1. The molecule has 19 heteroatoms. The fraction of sp³-hybridized carbons (Fsp3) is 0.327. The number of aryl methyl sites for hydroxylation is 10. The van der Waals surface area contributed by atoms with Crippen LogP contribution in [0.25, 0.3) is 44.5 Å². The van der Waals surface area contributed by atoms with Gasteiger partial charge in [0, 0.05) is 44.3 Å². The fourth-order valence-corrected chi connectivity index (χ4v) is 18.1. The molecule has 0 radical (unpaired) electrons. The molecule has 4 heterocycles. The highest BCUT2D eigenvalue weighted by molar-refractivity contribution is 6.30. The quantitative estimate of drug-likeness (QED) is 0.0655. The molecule has 3 N–H and O–H groups in total. The van der Waals surface area contributed by atoms with Crippen LogP contribution in [0.1, 0.15) is 244 Å². The van der Waals surface area contributed by atoms with E-state index in [2.05, 4.69) is 271 Å². The average Bonchev–Trinajstić information content (AvgIpc) is 1.65. The van der Waals surface area contributed by atoms with Gasteiger partial charge in [-0.05, 0) is 270 Å². The molecule has 4 saturated heterocycles. The molecule has 0 bridgehead atoms. The summed E-state index contributed by atoms with van der Waals surface area (Å²) >= 11 is 6.02. The molecule has 16 rings (SSSR count). The molecular formula is C113H122ClF6N7O5. The van der Waals surface area contributed by atoms with Gasteiger partial charge in [-0.15, -0.1) is 0 Å². The Kier molecular flexibility index (Phi) is 30.3. The van der Waals surface area contributed by atoms with Crippen LogP contribution in [0.5, 0.6) is 0 Å². The van der Waals surface area contributed by atoms with Crippen molar-refractivity contribution in [2.75, 3.05) is 19.6 Å². The SMILES string of the molecule is Cc1cc(C2CN(Cc3cc(C)ccc3-c3cc(C(C)C)ccc3C)C(=O)N2)cc(C(F)(F)F)c1.Cc1cc([C@H]2OC(=O)N(Cc3cc(C)ccc3-c3cc(C(C)C)ccc3C)[C@H]2C)cc(C(F)(F)F)c1.Cc1ccc(-c2cc(C(C)C)ccc2C)c(CN2CC(c3ccc(Cl)cc3)NC2=O)c1.Cc1ccc(-c2cc(C(C)C)ccc2C)c(CN2C[C@@H](c3ccccc3)NC2=O)c1. The first-order valence-electron chi connectivity index (χ1n) is 45.6. The number of ether oxygens (including phenoxy) is 1. The van der Waals surface area contributed by atoms with Crippen LogP contribution in [0.4, 0.5) is 45.5 Å². The van der Waals surface area contributed by atoms with E-state index in [-0.39, 0.29) is 30.2 Å². The molecule has 688 valence electrons. The molecule has 2 unspecified atom stereocenters. The Morgan fingerprint density at radius 2 is 0.636 bits per heavy atom. The Balaban J connectivity index is 0.000000150. The summed E-state index contributed by atoms with van der Waals surface area (Å²) in [6, 6.07) is 76.5. The van der Waals surface area contributed by atoms with Crippen LogP contribution in [0.15, 0.2) is 237 Å². The molecule has 4 aliphatic rings. The number of rotatable bonds is 20. The highest BCUT2D eigenvalue weighted by Gasteiger charge is 2.43. The first-order valence-corrected chi connectivity index (χ1v) is 46.0. The van der Waals surface area contributed by atoms with Gasteiger partial charge in [0.2, 0.25) is 0 Å². The van der Waals surface area contributed by atoms with Gasteiger partial charge in [0.25, 0.3) is 0 Å². The molecule has 0 spiro atoms. The van der Waals surface area contributed by atoms with Crippen LogP contribution in [0.2, 0.25) is 5.02 Å². The zero-order chi connectivity index (χ0) is 95.2. The van der Waals surface area contributed by atoms with Crippen LogP contribution in [0.3, 0.4) is 0 Å². The van der Waals surface area contributed by atoms with Crippen LogP contribution in [-0.4, -0.2) is 69.5 Å². The van der Waals surface area contributed by atoms with Gasteiger partial charge in [0.05, 0.1) is 41.8 Å². The number of urea groups is 3. The maximum absolute atomic E-state index is 13.4. The maximum atomic E-state index is 13.4. The van der Waals surface area contributed by atoms with E-state index in [4.69, 9.17) is 16.3 Å². The molecule has 0 aliphatic carbocycles. The number of carbonyl (C=O) groups excluding carboxylic acids is 4. The van der Waals surface area contributed by atoms with Crippen molar-refractivity contribution < 1.29 is 50.3 Å². The van der Waals surface area contributed by atoms with Crippen LogP contribution < -0.4 is 16.0 Å². The number of hydrogen-bond donors (Lipinski definition) is 3. The van der Waals surface area contributed by atoms with Crippen molar-refractivity contribution in [3.63, 3.8) is 0 Å². The summed E-state index contributed by atoms with van der Waals surface area (Å²) in [6.45, 7) is 42.8. The molecule has 4 fully saturated rings. The predicted octanol–water partition coefficient (Wildman–Crippen LogP) is 29.6. The molecule has 4 aliphatic heterocycles. The van der Waals surface area contributed by atoms with Gasteiger partial charge in [-0.25, -0.2) is 19.2 Å². The van der Waals surface area contributed by atoms with Crippen molar-refractivity contribution in [1.82, 2.24) is 35.6 Å². The maximum Gasteiger partial charge on any atom is 0.416 e. The summed E-state index contributed by atoms with van der Waals surface area (Å²) in [5.41, 5.74) is 30.8. The van der Waals surface area contributed by atoms with E-state index in [1.807, 2.05) is 73.0 Å². The van der Waals surface area contributed by atoms with E-state index in [0.717, 1.165) is 91.0 Å². The van der Waals surface area contributed by atoms with Crippen molar-refractivity contribution in [2.45, 2.75) is 224 Å². The normalized spacial score (nSPS) is 16.7. The number of nitrogens with one attached hydrogen (secondary N) is 3. The van der Waals surface area contributed by atoms with Gasteiger partial charge in [0.1, 0.15) is 6.10 Å². The Bertz CT molecular complexity index is 6220. The zero-order valence-electron chi connectivity index (χ0n) is 79.1. The van der Waals surface area contributed by atoms with E-state index in [9.17, 15) is 45.5 Å². The number of benzene rings is 12. The third kappa shape index (κ3) is 23.4. The lowest BCUT2D eigenvalue weighted by Crippen LogP contribution is -2.31. The lowest BCUT2D eigenvalue weighted by atomic mass is 9.90. The van der Waals surface area contributed by atoms with E-state index in [0.29, 0.717) is 96.8 Å². The second-order valence-corrected chi connectivity index (χ2v) is 38.0. The number of carbonyl (C=O) groups is 4. The zero-order valence-corrected chi connectivity index (χ0v) is 79.9. The number of halogens is 7. The van der Waals surface area contributed by atoms with Crippen molar-refractivity contribution in [3.8, 4) is 44.5 Å². The van der Waals surface area contributed by atoms with Crippen LogP contribution in [0, 0.1) is 69.2 Å². The number of alkyl halides is 6. The third-order valence-electron chi connectivity index (χ3n) is 25.8. The monoisotopic (exact) mass is 1810 g/mol. The van der Waals surface area contributed by atoms with Gasteiger partial charge >= 0.3 is 36.5 Å². The van der Waals surface area contributed by atoms with E-state index in [1.165, 1.54) is 77.9 Å². The Morgan fingerprint density at radius 3 is 0.962 bits per heavy atom. The van der Waals surface area contributed by atoms with Crippen molar-refractivity contribution in [3.05, 3.63) is 375 Å². The number of cyclic esters (lactones) is 1. The lowest BCUT2D eigenvalue weighted by molar-refractivity contribution is -0.138. The number of hydrogen-bond acceptors (Lipinski definition) is 5. The molecule has 0 aromatic heterocycles. The first-order chi connectivity index (χ1) is 62.5. The molecule has 132 heavy (non-hydrogen) atoms. The standard InChI is InChI=1S/C30H32F3NO2.C29H31F3N2O.C27H29ClN2O.C27H30N2O/c1-17(2)22-9-8-20(5)27(15-22)26-10-7-18(3)11-24(26)16-34-21(6)28(36-29(34)35)23-12-19(4)13-25(14-23)30(31,32)33;1-17(2)21-8-7-20(5)26(14-21)25-9-6-18(3)10-23(25)15-34-16-27(33-28(34)35)22-11-19(4)12-24(13-22)29(30,31)32;1-17(2)21-7-6-19(4)25(14-21)24-12-5-18(3)13-22(24)15-30-16-26(29-27(30)31)20-8-10-23(28)11-9-20;1-18(2)22-12-11-20(4)25(15-22)24-13-10-19(3)14-23(24)16-29-17-26(28-27(29)30)21-8-6-5-7-9-21/h7-15,17,21,28H,16H2,1-6H3;6-14,17,27H,15-16H2,1-5H3,(H,33,35);5-14,17,26H,15-16H2,1-4H3,(H,29,31);5-15,18,26H,16-17H2,1-4H3,(H,28,30)/t21-,28-;;;26-/m0..0/s1. The molecule has 0 saturated carbocycles. The third-order valence-corrected chi connectivity index (χ3v) is 26.0. The van der Waals surface area contributed by atoms with Crippen molar-refractivity contribution >= 4 is 35.8 Å². The van der Waals surface area contributed by atoms with E-state index >= 15 is 0 Å². The minimum absolute atomic E-state index is 0.00367. The summed E-state index contributed by atoms with van der Waals surface area (Å²) in [5, 5.41) is 9.83. The second-order valence-electron chi connectivity index (χ2n) is 37.6. The van der Waals surface area contributed by atoms with E-state index in [1.54, 1.807) is 35.8 Å². The fourth-order valence-electron chi connectivity index (χ4n) is 18.0. The predicted molar refractivity (Wildman–Crippen MR) is 521 cm³/mol. The molecular weight excluding hydrogens is 1680 g/mol. The summed E-state index contributed by atoms with van der Waals surface area (Å²) in [4.78, 5) is 58.4. The largest absolute Gasteiger partial charge is 0.439 e. The summed E-state index contributed by atoms with van der Waals surface area (Å²) in [7, 11) is 0. The Morgan fingerprint density at radius 1 is 0.333 bits per heavy atom. The summed E-state index contributed by atoms with van der Waals surface area (Å²) < 4.78 is 85.9. The number of amides is 7. The summed E-state index contributed by atoms with van der Waals surface area (Å²) in [5.74, 6) is 1.72. The van der Waals surface area contributed by atoms with E-state index < -0.39 is 47.8 Å². The highest BCUT2D eigenvalue weighted by atomic mass is 35.5. The van der Waals surface area contributed by atoms with Gasteiger partial charge < -0.3 is 35.4 Å². The molecule has 7 amide bonds. The Hall–Kier alpha value is -12.4. The molecule has 12 nitrogen and oxygen atoms in total. The number of nitrogens with zero attached hydrogens (tertiary/aromatic N) is 4.